The molecule has 2 atom stereocenters. The molecule has 0 aliphatic rings. The third-order valence-electron chi connectivity index (χ3n) is 2.06. The van der Waals surface area contributed by atoms with Crippen LogP contribution in [0, 0.1) is 0 Å². The molecule has 0 fully saturated rings. The number of halogens is 1. The summed E-state index contributed by atoms with van der Waals surface area (Å²) < 4.78 is 8.07. The number of thiol groups is 1. The van der Waals surface area contributed by atoms with Crippen LogP contribution in [0.4, 0.5) is 0 Å². The zero-order valence-electron chi connectivity index (χ0n) is 8.42. The molecule has 0 amide bonds. The summed E-state index contributed by atoms with van der Waals surface area (Å²) in [6.07, 6.45) is 2.28. The van der Waals surface area contributed by atoms with E-state index in [0.717, 1.165) is 10.9 Å². The number of rotatable bonds is 7. The molecule has 13 heavy (non-hydrogen) atoms. The fourth-order valence-electron chi connectivity index (χ4n) is 1.15. The van der Waals surface area contributed by atoms with Gasteiger partial charge in [0.25, 0.3) is 0 Å². The van der Waals surface area contributed by atoms with Crippen molar-refractivity contribution in [2.75, 3.05) is 5.94 Å². The summed E-state index contributed by atoms with van der Waals surface area (Å²) in [5, 5.41) is 0. The number of nitrogens with two attached hydrogens (primary N) is 1. The van der Waals surface area contributed by atoms with Gasteiger partial charge in [0.15, 0.2) is 0 Å². The molecule has 2 unspecified atom stereocenters. The van der Waals surface area contributed by atoms with Gasteiger partial charge >= 0.3 is 98.3 Å². The van der Waals surface area contributed by atoms with E-state index >= 15 is 0 Å². The Morgan fingerprint density at radius 2 is 2.23 bits per heavy atom. The Hall–Kier alpha value is 1.55. The van der Waals surface area contributed by atoms with Crippen molar-refractivity contribution in [2.45, 2.75) is 41.6 Å². The van der Waals surface area contributed by atoms with E-state index in [1.54, 1.807) is 0 Å². The van der Waals surface area contributed by atoms with Gasteiger partial charge in [-0.1, -0.05) is 0 Å². The first-order valence-corrected chi connectivity index (χ1v) is 17.0. The second-order valence-corrected chi connectivity index (χ2v) is 22.6. The molecule has 0 saturated heterocycles. The van der Waals surface area contributed by atoms with Crippen LogP contribution in [-0.4, -0.2) is 28.6 Å². The third kappa shape index (κ3) is 7.47. The summed E-state index contributed by atoms with van der Waals surface area (Å²) in [4.78, 5) is 0. The standard InChI is InChI=1S/C5H12N.C2H5.CH3OS.BrH.Sn/c1-3-4-5(2)6;1-2;2-1-3;;/h5H,1,3-4,6H2,2H3;1H2,2H3;3H,1H2;1H;/q;;-1;;+2/p-1. The quantitative estimate of drug-likeness (QED) is 0.407. The van der Waals surface area contributed by atoms with Gasteiger partial charge in [0.2, 0.25) is 0 Å². The van der Waals surface area contributed by atoms with Gasteiger partial charge in [-0.2, -0.15) is 0 Å². The average molecular weight is 377 g/mol. The van der Waals surface area contributed by atoms with Crippen LogP contribution >= 0.6 is 25.3 Å². The molecule has 0 radical (unpaired) electrons. The van der Waals surface area contributed by atoms with E-state index in [1.165, 1.54) is 10.9 Å². The normalized spacial score (nSPS) is 18.2. The summed E-state index contributed by atoms with van der Waals surface area (Å²) in [7, 11) is 0. The molecule has 0 aliphatic carbocycles. The van der Waals surface area contributed by atoms with Crippen LogP contribution in [0.3, 0.4) is 0 Å². The Labute approximate surface area is 97.6 Å². The maximum absolute atomic E-state index is 5.71. The molecule has 2 nitrogen and oxygen atoms in total. The number of hydrogen-bond acceptors (Lipinski definition) is 3. The fourth-order valence-corrected chi connectivity index (χ4v) is 11.4. The molecule has 0 spiro atoms. The molecule has 0 aromatic carbocycles. The van der Waals surface area contributed by atoms with Crippen molar-refractivity contribution in [2.24, 2.45) is 5.73 Å². The zero-order valence-corrected chi connectivity index (χ0v) is 13.8. The van der Waals surface area contributed by atoms with E-state index in [0.29, 0.717) is 12.0 Å². The summed E-state index contributed by atoms with van der Waals surface area (Å²) in [6.45, 7) is 4.25. The second kappa shape index (κ2) is 7.79. The van der Waals surface area contributed by atoms with Crippen LogP contribution < -0.4 is 5.73 Å². The van der Waals surface area contributed by atoms with E-state index in [1.807, 2.05) is 0 Å². The van der Waals surface area contributed by atoms with Gasteiger partial charge in [-0.05, 0) is 0 Å². The van der Waals surface area contributed by atoms with Gasteiger partial charge in [-0.15, -0.1) is 0 Å². The minimum atomic E-state index is -2.34. The van der Waals surface area contributed by atoms with Gasteiger partial charge in [0.05, 0.1) is 0 Å². The van der Waals surface area contributed by atoms with Crippen LogP contribution in [0.25, 0.3) is 0 Å². The number of hydrogen-bond donors (Lipinski definition) is 2. The molecule has 0 bridgehead atoms. The predicted molar refractivity (Wildman–Crippen MR) is 67.8 cm³/mol. The van der Waals surface area contributed by atoms with E-state index < -0.39 is 16.6 Å². The van der Waals surface area contributed by atoms with Gasteiger partial charge < -0.3 is 0 Å². The topological polar surface area (TPSA) is 35.2 Å². The Kier molecular flexibility index (Phi) is 8.72. The van der Waals surface area contributed by atoms with Gasteiger partial charge in [-0.3, -0.25) is 0 Å². The summed E-state index contributed by atoms with van der Waals surface area (Å²) in [5.74, 6) is 0.549. The van der Waals surface area contributed by atoms with Crippen molar-refractivity contribution in [3.8, 4) is 0 Å². The van der Waals surface area contributed by atoms with Crippen LogP contribution in [0.1, 0.15) is 26.7 Å². The molecule has 80 valence electrons. The molecule has 0 rings (SSSR count). The zero-order chi connectivity index (χ0) is 10.3. The van der Waals surface area contributed by atoms with Crippen LogP contribution in [0.2, 0.25) is 8.87 Å². The first-order chi connectivity index (χ1) is 6.04. The van der Waals surface area contributed by atoms with E-state index in [2.05, 4.69) is 39.2 Å². The van der Waals surface area contributed by atoms with Crippen LogP contribution in [0.15, 0.2) is 0 Å². The van der Waals surface area contributed by atoms with Gasteiger partial charge in [0, 0.05) is 0 Å². The summed E-state index contributed by atoms with van der Waals surface area (Å²) in [5.41, 5.74) is 5.69. The maximum atomic E-state index is 5.71. The van der Waals surface area contributed by atoms with Gasteiger partial charge in [0.1, 0.15) is 0 Å². The first-order valence-electron chi connectivity index (χ1n) is 4.73. The van der Waals surface area contributed by atoms with Crippen molar-refractivity contribution >= 4 is 41.9 Å². The molecule has 0 aromatic heterocycles. The SMILES string of the molecule is C[CH2][Sn]([Br])([CH2]CCC(C)N)[O]CS. The van der Waals surface area contributed by atoms with Crippen molar-refractivity contribution < 1.29 is 3.07 Å². The van der Waals surface area contributed by atoms with Crippen molar-refractivity contribution in [3.05, 3.63) is 0 Å². The Morgan fingerprint density at radius 3 is 2.62 bits per heavy atom. The average Bonchev–Trinajstić information content (AvgIpc) is 2.04. The molecule has 0 heterocycles. The van der Waals surface area contributed by atoms with Crippen molar-refractivity contribution in [1.82, 2.24) is 0 Å². The molecule has 2 N–H and O–H groups in total. The molecule has 0 aromatic rings. The summed E-state index contributed by atoms with van der Waals surface area (Å²) >= 11 is 5.56. The summed E-state index contributed by atoms with van der Waals surface area (Å²) in [6, 6.07) is 0.316. The Balaban J connectivity index is 3.69. The first kappa shape index (κ1) is 14.5. The molecule has 5 heteroatoms. The molecular weight excluding hydrogens is 357 g/mol. The van der Waals surface area contributed by atoms with E-state index in [4.69, 9.17) is 8.81 Å². The van der Waals surface area contributed by atoms with Crippen LogP contribution in [0.5, 0.6) is 0 Å². The second-order valence-electron chi connectivity index (χ2n) is 3.38. The minimum absolute atomic E-state index is 0.316. The van der Waals surface area contributed by atoms with E-state index in [9.17, 15) is 0 Å². The molecule has 0 aliphatic heterocycles. The third-order valence-corrected chi connectivity index (χ3v) is 18.9. The van der Waals surface area contributed by atoms with Crippen LogP contribution in [-0.2, 0) is 3.07 Å². The molecular formula is C8H20BrNOSSn. The van der Waals surface area contributed by atoms with Gasteiger partial charge in [-0.25, -0.2) is 0 Å². The van der Waals surface area contributed by atoms with E-state index in [-0.39, 0.29) is 0 Å². The van der Waals surface area contributed by atoms with Crippen molar-refractivity contribution in [3.63, 3.8) is 0 Å². The van der Waals surface area contributed by atoms with Crippen molar-refractivity contribution in [1.29, 1.82) is 0 Å². The Bertz CT molecular complexity index is 139. The predicted octanol–water partition coefficient (Wildman–Crippen LogP) is 2.87. The monoisotopic (exact) mass is 377 g/mol. The Morgan fingerprint density at radius 1 is 1.62 bits per heavy atom. The fraction of sp³-hybridized carbons (Fsp3) is 1.00. The molecule has 0 saturated carbocycles.